The van der Waals surface area contributed by atoms with Crippen molar-refractivity contribution in [1.82, 2.24) is 0 Å². The van der Waals surface area contributed by atoms with Crippen molar-refractivity contribution in [3.05, 3.63) is 0 Å². The second kappa shape index (κ2) is 13.8. The Balaban J connectivity index is 1.28. The van der Waals surface area contributed by atoms with Crippen molar-refractivity contribution in [1.29, 1.82) is 0 Å². The van der Waals surface area contributed by atoms with Crippen LogP contribution in [0, 0.1) is 41.4 Å². The van der Waals surface area contributed by atoms with Gasteiger partial charge in [-0.25, -0.2) is 0 Å². The van der Waals surface area contributed by atoms with Crippen LogP contribution in [0.2, 0.25) is 0 Å². The van der Waals surface area contributed by atoms with Gasteiger partial charge in [0, 0.05) is 18.4 Å². The average Bonchev–Trinajstić information content (AvgIpc) is 2.79. The topological polar surface area (TPSA) is 9.23 Å². The Morgan fingerprint density at radius 1 is 0.600 bits per heavy atom. The molecule has 0 amide bonds. The minimum absolute atomic E-state index is 0.514. The summed E-state index contributed by atoms with van der Waals surface area (Å²) < 4.78 is 5.79. The molecule has 0 radical (unpaired) electrons. The van der Waals surface area contributed by atoms with Crippen LogP contribution >= 0.6 is 0 Å². The van der Waals surface area contributed by atoms with E-state index in [1.807, 2.05) is 0 Å². The van der Waals surface area contributed by atoms with Crippen LogP contribution in [0.4, 0.5) is 0 Å². The molecule has 0 unspecified atom stereocenters. The van der Waals surface area contributed by atoms with Gasteiger partial charge in [-0.3, -0.25) is 0 Å². The molecule has 3 saturated carbocycles. The lowest BCUT2D eigenvalue weighted by Crippen LogP contribution is -2.25. The molecule has 0 aliphatic heterocycles. The van der Waals surface area contributed by atoms with Crippen LogP contribution in [0.25, 0.3) is 0 Å². The van der Waals surface area contributed by atoms with Crippen LogP contribution in [0.3, 0.4) is 0 Å². The summed E-state index contributed by atoms with van der Waals surface area (Å²) in [5.41, 5.74) is 0. The first-order valence-electron chi connectivity index (χ1n) is 13.9. The maximum atomic E-state index is 5.79. The molecule has 3 fully saturated rings. The van der Waals surface area contributed by atoms with E-state index in [0.29, 0.717) is 17.9 Å². The van der Waals surface area contributed by atoms with E-state index in [1.54, 1.807) is 0 Å². The van der Waals surface area contributed by atoms with E-state index >= 15 is 0 Å². The third kappa shape index (κ3) is 8.22. The van der Waals surface area contributed by atoms with Crippen LogP contribution in [0.5, 0.6) is 0 Å². The molecule has 172 valence electrons. The van der Waals surface area contributed by atoms with E-state index in [1.165, 1.54) is 116 Å². The Morgan fingerprint density at radius 2 is 1.13 bits per heavy atom. The van der Waals surface area contributed by atoms with E-state index in [2.05, 4.69) is 25.7 Å². The average molecular weight is 415 g/mol. The van der Waals surface area contributed by atoms with Gasteiger partial charge in [0.2, 0.25) is 0 Å². The molecule has 3 rings (SSSR count). The van der Waals surface area contributed by atoms with Crippen LogP contribution in [-0.2, 0) is 4.74 Å². The molecule has 3 aliphatic carbocycles. The molecule has 0 atom stereocenters. The second-order valence-corrected chi connectivity index (χ2v) is 10.8. The molecule has 3 aliphatic rings. The lowest BCUT2D eigenvalue weighted by molar-refractivity contribution is 0.0310. The third-order valence-corrected chi connectivity index (χ3v) is 8.61. The lowest BCUT2D eigenvalue weighted by atomic mass is 9.68. The Bertz CT molecular complexity index is 490. The molecule has 0 aromatic carbocycles. The number of rotatable bonds is 9. The summed E-state index contributed by atoms with van der Waals surface area (Å²) in [6.07, 6.45) is 26.0. The normalized spacial score (nSPS) is 34.9. The van der Waals surface area contributed by atoms with Gasteiger partial charge in [0.1, 0.15) is 0 Å². The van der Waals surface area contributed by atoms with Crippen molar-refractivity contribution in [2.45, 2.75) is 136 Å². The molecule has 0 heterocycles. The Hall–Kier alpha value is -0.480. The predicted molar refractivity (Wildman–Crippen MR) is 129 cm³/mol. The van der Waals surface area contributed by atoms with E-state index in [4.69, 9.17) is 4.74 Å². The summed E-state index contributed by atoms with van der Waals surface area (Å²) in [7, 11) is 0. The van der Waals surface area contributed by atoms with E-state index in [0.717, 1.165) is 24.4 Å². The summed E-state index contributed by atoms with van der Waals surface area (Å²) in [5, 5.41) is 0. The first-order chi connectivity index (χ1) is 14.8. The van der Waals surface area contributed by atoms with E-state index in [-0.39, 0.29) is 0 Å². The van der Waals surface area contributed by atoms with Crippen LogP contribution in [0.15, 0.2) is 0 Å². The van der Waals surface area contributed by atoms with E-state index < -0.39 is 0 Å². The van der Waals surface area contributed by atoms with Crippen LogP contribution in [0.1, 0.15) is 129 Å². The summed E-state index contributed by atoms with van der Waals surface area (Å²) in [5.74, 6) is 11.9. The molecule has 30 heavy (non-hydrogen) atoms. The van der Waals surface area contributed by atoms with Crippen molar-refractivity contribution in [2.24, 2.45) is 29.6 Å². The van der Waals surface area contributed by atoms with Gasteiger partial charge in [-0.1, -0.05) is 70.1 Å². The van der Waals surface area contributed by atoms with Gasteiger partial charge in [0.05, 0.1) is 6.10 Å². The van der Waals surface area contributed by atoms with Crippen molar-refractivity contribution < 1.29 is 4.74 Å². The number of ether oxygens (including phenoxy) is 1. The molecule has 1 nitrogen and oxygen atoms in total. The zero-order chi connectivity index (χ0) is 21.0. The van der Waals surface area contributed by atoms with E-state index in [9.17, 15) is 0 Å². The first kappa shape index (κ1) is 24.2. The smallest absolute Gasteiger partial charge is 0.0575 e. The maximum absolute atomic E-state index is 5.79. The maximum Gasteiger partial charge on any atom is 0.0575 e. The van der Waals surface area contributed by atoms with Crippen LogP contribution in [-0.4, -0.2) is 12.7 Å². The Kier molecular flexibility index (Phi) is 11.1. The first-order valence-corrected chi connectivity index (χ1v) is 13.9. The predicted octanol–water partition coefficient (Wildman–Crippen LogP) is 8.56. The number of hydrogen-bond acceptors (Lipinski definition) is 1. The Labute approximate surface area is 188 Å². The van der Waals surface area contributed by atoms with Gasteiger partial charge in [-0.15, -0.1) is 0 Å². The Morgan fingerprint density at radius 3 is 1.70 bits per heavy atom. The third-order valence-electron chi connectivity index (χ3n) is 8.61. The van der Waals surface area contributed by atoms with Crippen molar-refractivity contribution in [3.8, 4) is 11.8 Å². The highest BCUT2D eigenvalue weighted by Gasteiger charge is 2.30. The standard InChI is InChI=1S/C29H50O/c1-3-5-6-7-8-9-24-12-18-27(19-13-24)28-20-14-25(15-21-28)10-11-26-16-22-29(23-17-26)30-4-2/h24-29H,3-9,12-23H2,1-2H3. The van der Waals surface area contributed by atoms with Gasteiger partial charge < -0.3 is 4.74 Å². The van der Waals surface area contributed by atoms with Gasteiger partial charge >= 0.3 is 0 Å². The fraction of sp³-hybridized carbons (Fsp3) is 0.931. The SMILES string of the molecule is CCCCCCCC1CCC(C2CCC(C#CC3CCC(OCC)CC3)CC2)CC1. The summed E-state index contributed by atoms with van der Waals surface area (Å²) in [6, 6.07) is 0. The number of unbranched alkanes of at least 4 members (excludes halogenated alkanes) is 4. The molecule has 0 spiro atoms. The van der Waals surface area contributed by atoms with Gasteiger partial charge in [-0.05, 0) is 88.9 Å². The quantitative estimate of drug-likeness (QED) is 0.271. The fourth-order valence-corrected chi connectivity index (χ4v) is 6.57. The molecule has 0 bridgehead atoms. The summed E-state index contributed by atoms with van der Waals surface area (Å²) in [6.45, 7) is 5.30. The van der Waals surface area contributed by atoms with Gasteiger partial charge in [-0.2, -0.15) is 0 Å². The molecular formula is C29H50O. The highest BCUT2D eigenvalue weighted by atomic mass is 16.5. The highest BCUT2D eigenvalue weighted by Crippen LogP contribution is 2.42. The minimum atomic E-state index is 0.514. The molecule has 1 heteroatoms. The second-order valence-electron chi connectivity index (χ2n) is 10.8. The molecular weight excluding hydrogens is 364 g/mol. The summed E-state index contributed by atoms with van der Waals surface area (Å²) >= 11 is 0. The van der Waals surface area contributed by atoms with Crippen molar-refractivity contribution >= 4 is 0 Å². The number of hydrogen-bond donors (Lipinski definition) is 0. The molecule has 0 saturated heterocycles. The molecule has 0 aromatic heterocycles. The molecule has 0 N–H and O–H groups in total. The van der Waals surface area contributed by atoms with Crippen molar-refractivity contribution in [3.63, 3.8) is 0 Å². The largest absolute Gasteiger partial charge is 0.379 e. The molecule has 0 aromatic rings. The van der Waals surface area contributed by atoms with Crippen LogP contribution < -0.4 is 0 Å². The fourth-order valence-electron chi connectivity index (χ4n) is 6.57. The zero-order valence-electron chi connectivity index (χ0n) is 20.3. The monoisotopic (exact) mass is 414 g/mol. The minimum Gasteiger partial charge on any atom is -0.379 e. The van der Waals surface area contributed by atoms with Gasteiger partial charge in [0.15, 0.2) is 0 Å². The van der Waals surface area contributed by atoms with Crippen molar-refractivity contribution in [2.75, 3.05) is 6.61 Å². The lowest BCUT2D eigenvalue weighted by Gasteiger charge is -2.37. The summed E-state index contributed by atoms with van der Waals surface area (Å²) in [4.78, 5) is 0. The van der Waals surface area contributed by atoms with Gasteiger partial charge in [0.25, 0.3) is 0 Å². The zero-order valence-corrected chi connectivity index (χ0v) is 20.3. The highest BCUT2D eigenvalue weighted by molar-refractivity contribution is 5.09.